The van der Waals surface area contributed by atoms with E-state index >= 15 is 0 Å². The Morgan fingerprint density at radius 3 is 1.68 bits per heavy atom. The summed E-state index contributed by atoms with van der Waals surface area (Å²) < 4.78 is 96.3. The van der Waals surface area contributed by atoms with E-state index in [9.17, 15) is 34.4 Å². The lowest BCUT2D eigenvalue weighted by molar-refractivity contribution is 0.480. The first-order valence-corrected chi connectivity index (χ1v) is 10.6. The number of hydrogen-bond acceptors (Lipinski definition) is 6. The number of fused-ring (bicyclic) bond motifs is 1. The van der Waals surface area contributed by atoms with Gasteiger partial charge in [0, 0.05) is 11.9 Å². The van der Waals surface area contributed by atoms with Crippen LogP contribution in [-0.4, -0.2) is 45.5 Å². The molecule has 2 rings (SSSR count). The zero-order chi connectivity index (χ0) is 19.2. The minimum Gasteiger partial charge on any atom is -0.285 e. The molecule has 0 saturated heterocycles. The van der Waals surface area contributed by atoms with Crippen molar-refractivity contribution in [3.05, 3.63) is 31.2 Å². The highest BCUT2D eigenvalue weighted by Crippen LogP contribution is 2.35. The van der Waals surface area contributed by atoms with Gasteiger partial charge in [0.15, 0.2) is 0 Å². The minimum atomic E-state index is -4.97. The molecule has 0 amide bonds. The second-order valence-corrected chi connectivity index (χ2v) is 9.00. The summed E-state index contributed by atoms with van der Waals surface area (Å²) in [5.41, 5.74) is -0.269. The van der Waals surface area contributed by atoms with Gasteiger partial charge in [-0.15, -0.1) is 0 Å². The van der Waals surface area contributed by atoms with Crippen molar-refractivity contribution < 1.29 is 38.9 Å². The monoisotopic (exact) mass is 409 g/mol. The summed E-state index contributed by atoms with van der Waals surface area (Å²) >= 11 is 0. The molecule has 0 unspecified atom stereocenters. The summed E-state index contributed by atoms with van der Waals surface area (Å²) in [6.45, 7) is 3.24. The molecule has 2 radical (unpaired) electrons. The number of rotatable bonds is 5. The maximum atomic E-state index is 11.6. The van der Waals surface area contributed by atoms with E-state index in [-0.39, 0.29) is 23.0 Å². The predicted molar refractivity (Wildman–Crippen MR) is 85.4 cm³/mol. The quantitative estimate of drug-likeness (QED) is 0.598. The Hall–Kier alpha value is -1.77. The van der Waals surface area contributed by atoms with Crippen molar-refractivity contribution in [1.82, 2.24) is 5.32 Å². The van der Waals surface area contributed by atoms with Crippen molar-refractivity contribution in [2.24, 2.45) is 0 Å². The molecule has 0 bridgehead atoms. The van der Waals surface area contributed by atoms with Crippen molar-refractivity contribution >= 4 is 46.8 Å². The third-order valence-corrected chi connectivity index (χ3v) is 5.64. The molecule has 0 aromatic heterocycles. The number of hydrogen-bond donors (Lipinski definition) is 3. The third kappa shape index (κ3) is 4.08. The minimum absolute atomic E-state index is 0.158. The molecule has 25 heavy (non-hydrogen) atoms. The molecule has 0 fully saturated rings. The Morgan fingerprint density at radius 1 is 0.800 bits per heavy atom. The van der Waals surface area contributed by atoms with E-state index < -0.39 is 45.0 Å². The first kappa shape index (κ1) is 19.6. The summed E-state index contributed by atoms with van der Waals surface area (Å²) in [4.78, 5) is -2.51. The molecule has 0 heterocycles. The van der Waals surface area contributed by atoms with E-state index in [4.69, 9.17) is 4.55 Å². The van der Waals surface area contributed by atoms with Gasteiger partial charge in [-0.05, 0) is 36.6 Å². The van der Waals surface area contributed by atoms with Crippen LogP contribution in [0.1, 0.15) is 0 Å². The van der Waals surface area contributed by atoms with E-state index in [1.165, 1.54) is 0 Å². The third-order valence-electron chi connectivity index (χ3n) is 3.09. The van der Waals surface area contributed by atoms with E-state index in [0.29, 0.717) is 6.07 Å². The smallest absolute Gasteiger partial charge is 0.285 e. The maximum absolute atomic E-state index is 11.6. The predicted octanol–water partition coefficient (Wildman–Crippen LogP) is 0.650. The average Bonchev–Trinajstić information content (AvgIpc) is 2.43. The van der Waals surface area contributed by atoms with Crippen LogP contribution in [0, 0.1) is 6.92 Å². The van der Waals surface area contributed by atoms with Gasteiger partial charge in [0.25, 0.3) is 30.4 Å². The molecule has 0 atom stereocenters. The van der Waals surface area contributed by atoms with Gasteiger partial charge in [0.2, 0.25) is 0 Å². The van der Waals surface area contributed by atoms with Crippen molar-refractivity contribution in [3.8, 4) is 0 Å². The van der Waals surface area contributed by atoms with E-state index in [2.05, 4.69) is 12.2 Å². The molecule has 136 valence electrons. The fourth-order valence-corrected chi connectivity index (χ4v) is 4.06. The fourth-order valence-electron chi connectivity index (χ4n) is 2.15. The van der Waals surface area contributed by atoms with Crippen molar-refractivity contribution in [1.29, 1.82) is 0 Å². The molecule has 0 aliphatic rings. The second kappa shape index (κ2) is 6.19. The highest BCUT2D eigenvalue weighted by Gasteiger charge is 2.24. The highest BCUT2D eigenvalue weighted by atomic mass is 32.2. The van der Waals surface area contributed by atoms with Gasteiger partial charge in [-0.3, -0.25) is 19.0 Å². The van der Waals surface area contributed by atoms with Gasteiger partial charge in [-0.25, -0.2) is 0 Å². The first-order chi connectivity index (χ1) is 11.2. The summed E-state index contributed by atoms with van der Waals surface area (Å²) in [6, 6.07) is 2.89. The fraction of sp³-hybridized carbons (Fsp3) is 0.0833. The molecule has 10 nitrogen and oxygen atoms in total. The van der Waals surface area contributed by atoms with Crippen LogP contribution in [0.15, 0.2) is 39.0 Å². The van der Waals surface area contributed by atoms with Crippen LogP contribution in [0.25, 0.3) is 10.8 Å². The van der Waals surface area contributed by atoms with E-state index in [1.54, 1.807) is 0 Å². The zero-order valence-corrected chi connectivity index (χ0v) is 14.6. The average molecular weight is 409 g/mol. The zero-order valence-electron chi connectivity index (χ0n) is 12.2. The molecular weight excluding hydrogens is 398 g/mol. The lowest BCUT2D eigenvalue weighted by atomic mass is 10.1. The molecule has 0 aliphatic carbocycles. The second-order valence-electron chi connectivity index (χ2n) is 4.77. The topological polar surface area (TPSA) is 177 Å². The maximum Gasteiger partial charge on any atom is 0.295 e. The number of nitrogens with zero attached hydrogens (tertiary/aromatic N) is 1. The van der Waals surface area contributed by atoms with Crippen LogP contribution < -0.4 is 5.32 Å². The Morgan fingerprint density at radius 2 is 1.28 bits per heavy atom. The lowest BCUT2D eigenvalue weighted by Gasteiger charge is -2.13. The van der Waals surface area contributed by atoms with Gasteiger partial charge in [-0.1, -0.05) is 0 Å². The Bertz CT molecular complexity index is 1160. The normalized spacial score (nSPS) is 13.1. The summed E-state index contributed by atoms with van der Waals surface area (Å²) in [7, 11) is -14.6. The Kier molecular flexibility index (Phi) is 4.84. The first-order valence-electron chi connectivity index (χ1n) is 6.26. The largest absolute Gasteiger partial charge is 0.295 e. The molecule has 2 aromatic carbocycles. The molecule has 13 heteroatoms. The van der Waals surface area contributed by atoms with Gasteiger partial charge in [0.1, 0.15) is 4.90 Å². The van der Waals surface area contributed by atoms with Gasteiger partial charge < -0.3 is 0 Å². The molecule has 2 aromatic rings. The molecule has 3 N–H and O–H groups in total. The molecule has 0 saturated carbocycles. The SMILES string of the molecule is [CH2]C[N]c1cc(S(=O)(=O)O)cc2cc(S(=O)(=O)O)cc(S(=O)(=O)O)c12. The van der Waals surface area contributed by atoms with Crippen LogP contribution in [0.4, 0.5) is 5.69 Å². The van der Waals surface area contributed by atoms with Crippen LogP contribution in [0.5, 0.6) is 0 Å². The van der Waals surface area contributed by atoms with Crippen LogP contribution >= 0.6 is 0 Å². The Balaban J connectivity index is 3.13. The van der Waals surface area contributed by atoms with E-state index in [1.807, 2.05) is 0 Å². The van der Waals surface area contributed by atoms with Crippen LogP contribution in [-0.2, 0) is 30.4 Å². The van der Waals surface area contributed by atoms with E-state index in [0.717, 1.165) is 18.2 Å². The lowest BCUT2D eigenvalue weighted by Crippen LogP contribution is -2.08. The van der Waals surface area contributed by atoms with Crippen LogP contribution in [0.2, 0.25) is 0 Å². The van der Waals surface area contributed by atoms with Gasteiger partial charge in [-0.2, -0.15) is 25.3 Å². The van der Waals surface area contributed by atoms with Crippen molar-refractivity contribution in [2.45, 2.75) is 14.7 Å². The summed E-state index contributed by atoms with van der Waals surface area (Å²) in [6.07, 6.45) is 0. The molecular formula is C12H11NO9S3. The summed E-state index contributed by atoms with van der Waals surface area (Å²) in [5, 5.41) is 3.19. The summed E-state index contributed by atoms with van der Waals surface area (Å²) in [5.74, 6) is 0. The van der Waals surface area contributed by atoms with Gasteiger partial charge in [0.05, 0.1) is 15.5 Å². The highest BCUT2D eigenvalue weighted by molar-refractivity contribution is 7.87. The van der Waals surface area contributed by atoms with Gasteiger partial charge >= 0.3 is 0 Å². The molecule has 0 spiro atoms. The molecule has 0 aliphatic heterocycles. The Labute approximate surface area is 143 Å². The van der Waals surface area contributed by atoms with Crippen LogP contribution in [0.3, 0.4) is 0 Å². The standard InChI is InChI=1S/C12H11NO9S3/c1-2-13-10-5-8(23(14,15)16)3-7-4-9(24(17,18)19)6-11(12(7)10)25(20,21)22/h3-6H,1-2H2,(H,14,15,16)(H,17,18,19)(H,20,21,22). The van der Waals surface area contributed by atoms with Crippen molar-refractivity contribution in [2.75, 3.05) is 6.54 Å². The number of benzene rings is 2. The van der Waals surface area contributed by atoms with Crippen molar-refractivity contribution in [3.63, 3.8) is 0 Å².